The molecule has 0 fully saturated rings. The summed E-state index contributed by atoms with van der Waals surface area (Å²) in [6.45, 7) is 7.92. The second-order valence-electron chi connectivity index (χ2n) is 6.98. The van der Waals surface area contributed by atoms with Gasteiger partial charge in [-0.3, -0.25) is 4.79 Å². The van der Waals surface area contributed by atoms with E-state index >= 15 is 0 Å². The van der Waals surface area contributed by atoms with Crippen LogP contribution in [0.1, 0.15) is 50.3 Å². The fraction of sp³-hybridized carbons (Fsp3) is 0.435. The van der Waals surface area contributed by atoms with Crippen LogP contribution in [0.15, 0.2) is 54.4 Å². The first-order valence-corrected chi connectivity index (χ1v) is 10.2. The van der Waals surface area contributed by atoms with E-state index in [1.54, 1.807) is 20.1 Å². The smallest absolute Gasteiger partial charge is 0.238 e. The average Bonchev–Trinajstić information content (AvgIpc) is 2.73. The lowest BCUT2D eigenvalue weighted by Gasteiger charge is -2.44. The summed E-state index contributed by atoms with van der Waals surface area (Å²) >= 11 is 5.95. The summed E-state index contributed by atoms with van der Waals surface area (Å²) in [7, 11) is 1.64. The van der Waals surface area contributed by atoms with E-state index in [-0.39, 0.29) is 29.7 Å². The minimum atomic E-state index is -0.372. The molecular formula is C23H29ClFNO2. The zero-order valence-electron chi connectivity index (χ0n) is 16.9. The van der Waals surface area contributed by atoms with Crippen molar-refractivity contribution in [2.24, 2.45) is 0 Å². The summed E-state index contributed by atoms with van der Waals surface area (Å²) in [4.78, 5) is 14.6. The first-order valence-electron chi connectivity index (χ1n) is 9.69. The third-order valence-electron chi connectivity index (χ3n) is 5.15. The molecule has 2 rings (SSSR count). The van der Waals surface area contributed by atoms with Crippen LogP contribution in [0.4, 0.5) is 4.39 Å². The molecule has 0 N–H and O–H groups in total. The van der Waals surface area contributed by atoms with Crippen LogP contribution in [0, 0.1) is 0 Å². The molecule has 1 aliphatic heterocycles. The molecular weight excluding hydrogens is 377 g/mol. The average molecular weight is 406 g/mol. The molecule has 3 nitrogen and oxygen atoms in total. The van der Waals surface area contributed by atoms with E-state index < -0.39 is 0 Å². The van der Waals surface area contributed by atoms with Gasteiger partial charge in [0.25, 0.3) is 0 Å². The van der Waals surface area contributed by atoms with Gasteiger partial charge in [0, 0.05) is 6.04 Å². The topological polar surface area (TPSA) is 29.5 Å². The summed E-state index contributed by atoms with van der Waals surface area (Å²) in [5.74, 6) is 0.218. The lowest BCUT2D eigenvalue weighted by atomic mass is 9.83. The molecule has 0 spiro atoms. The van der Waals surface area contributed by atoms with Crippen molar-refractivity contribution in [1.29, 1.82) is 0 Å². The molecule has 28 heavy (non-hydrogen) atoms. The van der Waals surface area contributed by atoms with Crippen molar-refractivity contribution in [3.05, 3.63) is 65.5 Å². The highest BCUT2D eigenvalue weighted by atomic mass is 35.5. The number of halogens is 2. The normalized spacial score (nSPS) is 19.6. The number of alkyl halides is 1. The monoisotopic (exact) mass is 405 g/mol. The van der Waals surface area contributed by atoms with Gasteiger partial charge in [-0.25, -0.2) is 4.39 Å². The van der Waals surface area contributed by atoms with Gasteiger partial charge in [-0.05, 0) is 54.7 Å². The molecule has 0 aliphatic carbocycles. The number of hydrogen-bond acceptors (Lipinski definition) is 2. The van der Waals surface area contributed by atoms with Crippen molar-refractivity contribution >= 4 is 17.5 Å². The summed E-state index contributed by atoms with van der Waals surface area (Å²) in [5.41, 5.74) is 2.77. The maximum Gasteiger partial charge on any atom is 0.238 e. The van der Waals surface area contributed by atoms with E-state index in [1.807, 2.05) is 23.1 Å². The number of nitrogens with zero attached hydrogens (tertiary/aromatic N) is 1. The van der Waals surface area contributed by atoms with Gasteiger partial charge in [0.15, 0.2) is 0 Å². The second-order valence-corrected chi connectivity index (χ2v) is 7.25. The van der Waals surface area contributed by atoms with E-state index in [2.05, 4.69) is 13.5 Å². The maximum absolute atomic E-state index is 13.6. The van der Waals surface area contributed by atoms with Gasteiger partial charge >= 0.3 is 0 Å². The molecule has 2 atom stereocenters. The number of ether oxygens (including phenoxy) is 1. The van der Waals surface area contributed by atoms with Crippen LogP contribution in [0.3, 0.4) is 0 Å². The number of methoxy groups -OCH3 is 1. The molecule has 152 valence electrons. The van der Waals surface area contributed by atoms with Gasteiger partial charge in [-0.1, -0.05) is 44.6 Å². The number of carbonyl (C=O) groups is 1. The largest absolute Gasteiger partial charge is 0.497 e. The van der Waals surface area contributed by atoms with Crippen LogP contribution >= 0.6 is 11.6 Å². The van der Waals surface area contributed by atoms with Crippen molar-refractivity contribution in [3.63, 3.8) is 0 Å². The summed E-state index contributed by atoms with van der Waals surface area (Å²) in [6.07, 6.45) is 8.09. The van der Waals surface area contributed by atoms with Gasteiger partial charge in [-0.15, -0.1) is 11.6 Å². The number of unbranched alkanes of at least 4 members (excludes halogenated alkanes) is 1. The Bertz CT molecular complexity index is 772. The predicted octanol–water partition coefficient (Wildman–Crippen LogP) is 5.90. The number of allylic oxidation sites excluding steroid dienone is 3. The zero-order valence-corrected chi connectivity index (χ0v) is 17.6. The van der Waals surface area contributed by atoms with Crippen molar-refractivity contribution < 1.29 is 13.9 Å². The van der Waals surface area contributed by atoms with E-state index in [4.69, 9.17) is 16.3 Å². The first-order chi connectivity index (χ1) is 13.5. The van der Waals surface area contributed by atoms with Crippen molar-refractivity contribution in [2.75, 3.05) is 13.0 Å². The standard InChI is InChI=1S/C23H29ClFNO2/c1-5-7-8-19-13-17-14-20(28-4)11-12-21(17)23(26(19)22(27)15-24)16(3)9-10-18(25)6-2/h6,9-12,14,19,23H,3,5,7-8,13,15H2,1-2,4H3/b10-9-,18-6+/t19-,23-/m0/s1. The summed E-state index contributed by atoms with van der Waals surface area (Å²) in [5, 5.41) is 0. The number of carbonyl (C=O) groups excluding carboxylic acids is 1. The Labute approximate surface area is 172 Å². The Balaban J connectivity index is 2.54. The number of rotatable bonds is 8. The quantitative estimate of drug-likeness (QED) is 0.397. The molecule has 0 aromatic heterocycles. The van der Waals surface area contributed by atoms with Gasteiger partial charge in [-0.2, -0.15) is 0 Å². The van der Waals surface area contributed by atoms with Gasteiger partial charge in [0.05, 0.1) is 13.2 Å². The van der Waals surface area contributed by atoms with E-state index in [0.29, 0.717) is 5.57 Å². The van der Waals surface area contributed by atoms with Gasteiger partial charge < -0.3 is 9.64 Å². The van der Waals surface area contributed by atoms with Gasteiger partial charge in [0.1, 0.15) is 17.5 Å². The molecule has 1 heterocycles. The fourth-order valence-electron chi connectivity index (χ4n) is 3.72. The van der Waals surface area contributed by atoms with E-state index in [9.17, 15) is 9.18 Å². The minimum Gasteiger partial charge on any atom is -0.497 e. The molecule has 5 heteroatoms. The molecule has 0 bridgehead atoms. The number of amides is 1. The molecule has 1 aliphatic rings. The van der Waals surface area contributed by atoms with Crippen LogP contribution in [-0.2, 0) is 11.2 Å². The molecule has 0 saturated carbocycles. The van der Waals surface area contributed by atoms with Crippen molar-refractivity contribution in [3.8, 4) is 5.75 Å². The third kappa shape index (κ3) is 5.05. The highest BCUT2D eigenvalue weighted by Crippen LogP contribution is 2.40. The van der Waals surface area contributed by atoms with Crippen LogP contribution in [-0.4, -0.2) is 29.8 Å². The predicted molar refractivity (Wildman–Crippen MR) is 113 cm³/mol. The summed E-state index contributed by atoms with van der Waals surface area (Å²) < 4.78 is 19.0. The molecule has 1 amide bonds. The van der Waals surface area contributed by atoms with Crippen LogP contribution < -0.4 is 4.74 Å². The molecule has 1 aromatic rings. The lowest BCUT2D eigenvalue weighted by molar-refractivity contribution is -0.133. The molecule has 0 radical (unpaired) electrons. The van der Waals surface area contributed by atoms with E-state index in [1.165, 1.54) is 12.2 Å². The number of benzene rings is 1. The van der Waals surface area contributed by atoms with Crippen molar-refractivity contribution in [2.45, 2.75) is 51.6 Å². The highest BCUT2D eigenvalue weighted by molar-refractivity contribution is 6.27. The van der Waals surface area contributed by atoms with Crippen molar-refractivity contribution in [1.82, 2.24) is 4.90 Å². The highest BCUT2D eigenvalue weighted by Gasteiger charge is 2.37. The Morgan fingerprint density at radius 3 is 2.79 bits per heavy atom. The minimum absolute atomic E-state index is 0.0209. The fourth-order valence-corrected chi connectivity index (χ4v) is 3.85. The Morgan fingerprint density at radius 1 is 1.43 bits per heavy atom. The van der Waals surface area contributed by atoms with Gasteiger partial charge in [0.2, 0.25) is 5.91 Å². The molecule has 0 saturated heterocycles. The van der Waals surface area contributed by atoms with Crippen LogP contribution in [0.5, 0.6) is 5.75 Å². The Kier molecular flexibility index (Phi) is 8.31. The zero-order chi connectivity index (χ0) is 20.7. The van der Waals surface area contributed by atoms with Crippen LogP contribution in [0.25, 0.3) is 0 Å². The number of fused-ring (bicyclic) bond motifs is 1. The van der Waals surface area contributed by atoms with Crippen LogP contribution in [0.2, 0.25) is 0 Å². The maximum atomic E-state index is 13.6. The Morgan fingerprint density at radius 2 is 2.18 bits per heavy atom. The SMILES string of the molecule is C=C(/C=C\C(F)=C/C)[C@H]1c2ccc(OC)cc2C[C@H](CCCC)N1C(=O)CCl. The second kappa shape index (κ2) is 10.5. The molecule has 0 unspecified atom stereocenters. The Hall–Kier alpha value is -2.07. The lowest BCUT2D eigenvalue weighted by Crippen LogP contribution is -2.48. The van der Waals surface area contributed by atoms with E-state index in [0.717, 1.165) is 42.6 Å². The third-order valence-corrected chi connectivity index (χ3v) is 5.38. The molecule has 1 aromatic carbocycles. The number of hydrogen-bond donors (Lipinski definition) is 0. The summed E-state index contributed by atoms with van der Waals surface area (Å²) in [6, 6.07) is 5.52. The first kappa shape index (κ1) is 22.2.